The van der Waals surface area contributed by atoms with Gasteiger partial charge >= 0.3 is 6.03 Å². The zero-order valence-corrected chi connectivity index (χ0v) is 14.1. The molecule has 3 rings (SSSR count). The van der Waals surface area contributed by atoms with E-state index in [4.69, 9.17) is 9.15 Å². The number of oxazole rings is 1. The molecule has 3 aromatic rings. The van der Waals surface area contributed by atoms with E-state index in [0.717, 1.165) is 11.1 Å². The molecule has 25 heavy (non-hydrogen) atoms. The van der Waals surface area contributed by atoms with Gasteiger partial charge in [0, 0.05) is 18.3 Å². The third kappa shape index (κ3) is 4.17. The van der Waals surface area contributed by atoms with Gasteiger partial charge in [0.25, 0.3) is 0 Å². The number of nitrogens with one attached hydrogen (secondary N) is 2. The molecular formula is C19H19N3O3. The van der Waals surface area contributed by atoms with E-state index in [0.29, 0.717) is 23.7 Å². The summed E-state index contributed by atoms with van der Waals surface area (Å²) >= 11 is 0. The fraction of sp³-hybridized carbons (Fsp3) is 0.158. The molecule has 0 bridgehead atoms. The minimum atomic E-state index is -0.282. The van der Waals surface area contributed by atoms with Gasteiger partial charge in [-0.1, -0.05) is 29.8 Å². The molecule has 0 saturated carbocycles. The highest BCUT2D eigenvalue weighted by atomic mass is 16.5. The number of rotatable bonds is 5. The number of anilines is 1. The predicted molar refractivity (Wildman–Crippen MR) is 95.5 cm³/mol. The predicted octanol–water partition coefficient (Wildman–Crippen LogP) is 3.98. The summed E-state index contributed by atoms with van der Waals surface area (Å²) in [5, 5.41) is 5.62. The Hall–Kier alpha value is -3.28. The molecule has 6 nitrogen and oxygen atoms in total. The van der Waals surface area contributed by atoms with Crippen LogP contribution in [-0.4, -0.2) is 18.1 Å². The monoisotopic (exact) mass is 337 g/mol. The number of aromatic nitrogens is 1. The van der Waals surface area contributed by atoms with Crippen molar-refractivity contribution in [3.8, 4) is 17.1 Å². The molecule has 1 heterocycles. The standard InChI is InChI=1S/C19H19N3O3/c1-13-3-5-14(6-4-13)10-21-19(23)22-15-7-8-16(17(9-15)24-2)18-11-20-12-25-18/h3-9,11-12H,10H2,1-2H3,(H2,21,22,23). The summed E-state index contributed by atoms with van der Waals surface area (Å²) in [5.74, 6) is 1.19. The van der Waals surface area contributed by atoms with E-state index in [1.165, 1.54) is 12.0 Å². The van der Waals surface area contributed by atoms with Crippen molar-refractivity contribution in [1.29, 1.82) is 0 Å². The van der Waals surface area contributed by atoms with Crippen LogP contribution in [0.2, 0.25) is 0 Å². The smallest absolute Gasteiger partial charge is 0.319 e. The number of benzene rings is 2. The Bertz CT molecular complexity index is 843. The number of hydrogen-bond acceptors (Lipinski definition) is 4. The van der Waals surface area contributed by atoms with E-state index in [1.54, 1.807) is 25.4 Å². The zero-order chi connectivity index (χ0) is 17.6. The van der Waals surface area contributed by atoms with Crippen molar-refractivity contribution in [2.24, 2.45) is 0 Å². The maximum Gasteiger partial charge on any atom is 0.319 e. The van der Waals surface area contributed by atoms with Crippen molar-refractivity contribution >= 4 is 11.7 Å². The van der Waals surface area contributed by atoms with E-state index in [9.17, 15) is 4.79 Å². The Labute approximate surface area is 145 Å². The molecule has 0 aliphatic carbocycles. The Kier molecular flexibility index (Phi) is 4.99. The van der Waals surface area contributed by atoms with E-state index >= 15 is 0 Å². The average molecular weight is 337 g/mol. The molecule has 2 N–H and O–H groups in total. The molecule has 0 saturated heterocycles. The van der Waals surface area contributed by atoms with Crippen molar-refractivity contribution in [3.05, 3.63) is 66.2 Å². The van der Waals surface area contributed by atoms with E-state index in [1.807, 2.05) is 37.3 Å². The highest BCUT2D eigenvalue weighted by Crippen LogP contribution is 2.32. The third-order valence-electron chi connectivity index (χ3n) is 3.73. The van der Waals surface area contributed by atoms with Crippen LogP contribution < -0.4 is 15.4 Å². The van der Waals surface area contributed by atoms with E-state index in [2.05, 4.69) is 15.6 Å². The number of amides is 2. The van der Waals surface area contributed by atoms with Gasteiger partial charge in [-0.25, -0.2) is 9.78 Å². The summed E-state index contributed by atoms with van der Waals surface area (Å²) < 4.78 is 10.7. The van der Waals surface area contributed by atoms with Gasteiger partial charge in [0.05, 0.1) is 18.9 Å². The van der Waals surface area contributed by atoms with Crippen LogP contribution in [0.4, 0.5) is 10.5 Å². The summed E-state index contributed by atoms with van der Waals surface area (Å²) in [4.78, 5) is 16.0. The van der Waals surface area contributed by atoms with Gasteiger partial charge in [-0.15, -0.1) is 0 Å². The Morgan fingerprint density at radius 2 is 2.00 bits per heavy atom. The quantitative estimate of drug-likeness (QED) is 0.738. The number of urea groups is 1. The molecule has 1 aromatic heterocycles. The van der Waals surface area contributed by atoms with Crippen LogP contribution in [-0.2, 0) is 6.54 Å². The second kappa shape index (κ2) is 7.53. The van der Waals surface area contributed by atoms with Gasteiger partial charge < -0.3 is 19.8 Å². The van der Waals surface area contributed by atoms with Crippen LogP contribution in [0.3, 0.4) is 0 Å². The van der Waals surface area contributed by atoms with E-state index in [-0.39, 0.29) is 6.03 Å². The van der Waals surface area contributed by atoms with Gasteiger partial charge in [-0.3, -0.25) is 0 Å². The number of carbonyl (C=O) groups is 1. The molecule has 128 valence electrons. The number of nitrogens with zero attached hydrogens (tertiary/aromatic N) is 1. The van der Waals surface area contributed by atoms with Crippen LogP contribution in [0, 0.1) is 6.92 Å². The lowest BCUT2D eigenvalue weighted by Crippen LogP contribution is -2.28. The molecule has 0 atom stereocenters. The van der Waals surface area contributed by atoms with Crippen LogP contribution in [0.25, 0.3) is 11.3 Å². The first kappa shape index (κ1) is 16.6. The zero-order valence-electron chi connectivity index (χ0n) is 14.1. The molecule has 6 heteroatoms. The molecule has 2 amide bonds. The van der Waals surface area contributed by atoms with Gasteiger partial charge in [-0.2, -0.15) is 0 Å². The second-order valence-corrected chi connectivity index (χ2v) is 5.57. The summed E-state index contributed by atoms with van der Waals surface area (Å²) in [7, 11) is 1.57. The lowest BCUT2D eigenvalue weighted by Gasteiger charge is -2.11. The Morgan fingerprint density at radius 1 is 1.20 bits per heavy atom. The first-order valence-corrected chi connectivity index (χ1v) is 7.83. The normalized spacial score (nSPS) is 10.3. The summed E-state index contributed by atoms with van der Waals surface area (Å²) in [6.45, 7) is 2.49. The van der Waals surface area contributed by atoms with Crippen LogP contribution >= 0.6 is 0 Å². The van der Waals surface area contributed by atoms with Crippen LogP contribution in [0.5, 0.6) is 5.75 Å². The van der Waals surface area contributed by atoms with Crippen molar-refractivity contribution in [2.75, 3.05) is 12.4 Å². The molecule has 0 aliphatic rings. The second-order valence-electron chi connectivity index (χ2n) is 5.57. The number of aryl methyl sites for hydroxylation is 1. The van der Waals surface area contributed by atoms with Gasteiger partial charge in [0.15, 0.2) is 12.2 Å². The maximum absolute atomic E-state index is 12.1. The summed E-state index contributed by atoms with van der Waals surface area (Å²) in [6, 6.07) is 13.1. The van der Waals surface area contributed by atoms with Crippen molar-refractivity contribution < 1.29 is 13.9 Å². The number of hydrogen-bond donors (Lipinski definition) is 2. The fourth-order valence-electron chi connectivity index (χ4n) is 2.38. The number of ether oxygens (including phenoxy) is 1. The van der Waals surface area contributed by atoms with Gasteiger partial charge in [-0.05, 0) is 24.6 Å². The Balaban J connectivity index is 1.64. The van der Waals surface area contributed by atoms with E-state index < -0.39 is 0 Å². The Morgan fingerprint density at radius 3 is 2.68 bits per heavy atom. The molecule has 0 fully saturated rings. The van der Waals surface area contributed by atoms with Crippen molar-refractivity contribution in [1.82, 2.24) is 10.3 Å². The topological polar surface area (TPSA) is 76.4 Å². The SMILES string of the molecule is COc1cc(NC(=O)NCc2ccc(C)cc2)ccc1-c1cnco1. The first-order chi connectivity index (χ1) is 12.2. The summed E-state index contributed by atoms with van der Waals surface area (Å²) in [6.07, 6.45) is 2.97. The van der Waals surface area contributed by atoms with Crippen molar-refractivity contribution in [3.63, 3.8) is 0 Å². The molecule has 0 radical (unpaired) electrons. The minimum absolute atomic E-state index is 0.282. The number of carbonyl (C=O) groups excluding carboxylic acids is 1. The maximum atomic E-state index is 12.1. The minimum Gasteiger partial charge on any atom is -0.496 e. The van der Waals surface area contributed by atoms with Crippen LogP contribution in [0.15, 0.2) is 59.5 Å². The van der Waals surface area contributed by atoms with Crippen molar-refractivity contribution in [2.45, 2.75) is 13.5 Å². The van der Waals surface area contributed by atoms with Gasteiger partial charge in [0.1, 0.15) is 5.75 Å². The van der Waals surface area contributed by atoms with Gasteiger partial charge in [0.2, 0.25) is 0 Å². The highest BCUT2D eigenvalue weighted by molar-refractivity contribution is 5.90. The van der Waals surface area contributed by atoms with Crippen LogP contribution in [0.1, 0.15) is 11.1 Å². The molecule has 2 aromatic carbocycles. The highest BCUT2D eigenvalue weighted by Gasteiger charge is 2.11. The largest absolute Gasteiger partial charge is 0.496 e. The summed E-state index contributed by atoms with van der Waals surface area (Å²) in [5.41, 5.74) is 3.62. The fourth-order valence-corrected chi connectivity index (χ4v) is 2.38. The first-order valence-electron chi connectivity index (χ1n) is 7.83. The lowest BCUT2D eigenvalue weighted by molar-refractivity contribution is 0.251. The molecule has 0 spiro atoms. The number of methoxy groups -OCH3 is 1. The molecular weight excluding hydrogens is 318 g/mol. The molecule has 0 unspecified atom stereocenters. The molecule has 0 aliphatic heterocycles. The third-order valence-corrected chi connectivity index (χ3v) is 3.73. The lowest BCUT2D eigenvalue weighted by atomic mass is 10.1. The average Bonchev–Trinajstić information content (AvgIpc) is 3.15.